The molecule has 1 rings (SSSR count). The van der Waals surface area contributed by atoms with E-state index in [4.69, 9.17) is 4.74 Å². The van der Waals surface area contributed by atoms with E-state index in [0.29, 0.717) is 23.0 Å². The maximum Gasteiger partial charge on any atom is 0.304 e. The Hall–Kier alpha value is -1.18. The predicted octanol–water partition coefficient (Wildman–Crippen LogP) is 2.57. The molecule has 6 nitrogen and oxygen atoms in total. The number of anilines is 1. The molecular weight excluding hydrogens is 268 g/mol. The summed E-state index contributed by atoms with van der Waals surface area (Å²) < 4.78 is 5.04. The van der Waals surface area contributed by atoms with E-state index in [1.165, 1.54) is 17.4 Å². The van der Waals surface area contributed by atoms with E-state index in [9.17, 15) is 15.2 Å². The first-order chi connectivity index (χ1) is 8.88. The Morgan fingerprint density at radius 3 is 2.58 bits per heavy atom. The van der Waals surface area contributed by atoms with Gasteiger partial charge < -0.3 is 14.7 Å². The highest BCUT2D eigenvalue weighted by atomic mass is 32.1. The molecule has 0 amide bonds. The molecule has 1 atom stereocenters. The largest absolute Gasteiger partial charge is 0.388 e. The van der Waals surface area contributed by atoms with E-state index < -0.39 is 11.0 Å². The zero-order valence-corrected chi connectivity index (χ0v) is 12.4. The van der Waals surface area contributed by atoms with Gasteiger partial charge in [-0.1, -0.05) is 0 Å². The number of ether oxygens (including phenoxy) is 1. The molecule has 0 spiro atoms. The van der Waals surface area contributed by atoms with Crippen LogP contribution >= 0.6 is 11.3 Å². The Bertz CT molecular complexity index is 431. The molecule has 1 heterocycles. The van der Waals surface area contributed by atoms with Gasteiger partial charge in [-0.25, -0.2) is 0 Å². The predicted molar refractivity (Wildman–Crippen MR) is 76.0 cm³/mol. The zero-order valence-electron chi connectivity index (χ0n) is 11.6. The van der Waals surface area contributed by atoms with E-state index in [0.717, 1.165) is 0 Å². The van der Waals surface area contributed by atoms with Gasteiger partial charge >= 0.3 is 5.69 Å². The van der Waals surface area contributed by atoms with Crippen molar-refractivity contribution < 1.29 is 14.8 Å². The van der Waals surface area contributed by atoms with Crippen molar-refractivity contribution in [3.05, 3.63) is 21.1 Å². The number of nitro groups is 1. The number of aliphatic hydroxyl groups is 1. The minimum absolute atomic E-state index is 0.0469. The first kappa shape index (κ1) is 15.9. The highest BCUT2D eigenvalue weighted by Gasteiger charge is 2.26. The maximum atomic E-state index is 11.1. The molecule has 0 fully saturated rings. The fourth-order valence-corrected chi connectivity index (χ4v) is 2.94. The van der Waals surface area contributed by atoms with Crippen LogP contribution in [0.15, 0.2) is 6.07 Å². The van der Waals surface area contributed by atoms with Crippen LogP contribution in [0, 0.1) is 10.1 Å². The van der Waals surface area contributed by atoms with Gasteiger partial charge in [0.1, 0.15) is 0 Å². The SMILES string of the molecule is COCCN(c1sc([C@@H](C)O)cc1[N+](=O)[O-])C(C)C. The summed E-state index contributed by atoms with van der Waals surface area (Å²) in [6.07, 6.45) is -0.700. The van der Waals surface area contributed by atoms with Crippen molar-refractivity contribution in [2.24, 2.45) is 0 Å². The second-order valence-corrected chi connectivity index (χ2v) is 5.61. The van der Waals surface area contributed by atoms with Gasteiger partial charge in [0.05, 0.1) is 17.6 Å². The summed E-state index contributed by atoms with van der Waals surface area (Å²) in [4.78, 5) is 13.3. The molecule has 0 unspecified atom stereocenters. The summed E-state index contributed by atoms with van der Waals surface area (Å²) >= 11 is 1.26. The lowest BCUT2D eigenvalue weighted by atomic mass is 10.3. The molecule has 0 saturated heterocycles. The third kappa shape index (κ3) is 3.89. The molecule has 1 N–H and O–H groups in total. The summed E-state index contributed by atoms with van der Waals surface area (Å²) in [5.41, 5.74) is 0.0469. The number of aliphatic hydroxyl groups excluding tert-OH is 1. The molecule has 0 aliphatic carbocycles. The molecule has 1 aromatic rings. The summed E-state index contributed by atoms with van der Waals surface area (Å²) in [5.74, 6) is 0. The van der Waals surface area contributed by atoms with Crippen molar-refractivity contribution in [2.45, 2.75) is 32.9 Å². The van der Waals surface area contributed by atoms with Gasteiger partial charge in [0, 0.05) is 30.6 Å². The monoisotopic (exact) mass is 288 g/mol. The van der Waals surface area contributed by atoms with Crippen molar-refractivity contribution in [3.63, 3.8) is 0 Å². The standard InChI is InChI=1S/C12H20N2O4S/c1-8(2)13(5-6-18-4)12-10(14(16)17)7-11(19-12)9(3)15/h7-9,15H,5-6H2,1-4H3/t9-/m1/s1. The van der Waals surface area contributed by atoms with Crippen LogP contribution < -0.4 is 4.90 Å². The normalized spacial score (nSPS) is 12.7. The van der Waals surface area contributed by atoms with E-state index in [-0.39, 0.29) is 11.7 Å². The van der Waals surface area contributed by atoms with E-state index >= 15 is 0 Å². The Morgan fingerprint density at radius 1 is 1.53 bits per heavy atom. The second-order valence-electron chi connectivity index (χ2n) is 4.55. The van der Waals surface area contributed by atoms with Crippen LogP contribution in [0.2, 0.25) is 0 Å². The average molecular weight is 288 g/mol. The van der Waals surface area contributed by atoms with Gasteiger partial charge in [-0.3, -0.25) is 10.1 Å². The van der Waals surface area contributed by atoms with Crippen molar-refractivity contribution in [1.82, 2.24) is 0 Å². The second kappa shape index (κ2) is 6.83. The van der Waals surface area contributed by atoms with Crippen LogP contribution in [0.1, 0.15) is 31.8 Å². The molecule has 19 heavy (non-hydrogen) atoms. The van der Waals surface area contributed by atoms with Gasteiger partial charge in [-0.2, -0.15) is 0 Å². The van der Waals surface area contributed by atoms with Crippen LogP contribution in [0.3, 0.4) is 0 Å². The van der Waals surface area contributed by atoms with Gasteiger partial charge in [-0.15, -0.1) is 11.3 Å². The Labute approximate surface area is 116 Å². The van der Waals surface area contributed by atoms with Crippen molar-refractivity contribution in [3.8, 4) is 0 Å². The highest BCUT2D eigenvalue weighted by molar-refractivity contribution is 7.16. The summed E-state index contributed by atoms with van der Waals surface area (Å²) in [6.45, 7) is 6.63. The lowest BCUT2D eigenvalue weighted by molar-refractivity contribution is -0.383. The molecule has 1 aromatic heterocycles. The van der Waals surface area contributed by atoms with E-state index in [2.05, 4.69) is 0 Å². The molecule has 7 heteroatoms. The summed E-state index contributed by atoms with van der Waals surface area (Å²) in [7, 11) is 1.60. The fraction of sp³-hybridized carbons (Fsp3) is 0.667. The lowest BCUT2D eigenvalue weighted by Gasteiger charge is -2.26. The number of hydrogen-bond donors (Lipinski definition) is 1. The topological polar surface area (TPSA) is 75.8 Å². The smallest absolute Gasteiger partial charge is 0.304 e. The van der Waals surface area contributed by atoms with Gasteiger partial charge in [0.25, 0.3) is 0 Å². The Balaban J connectivity index is 3.16. The first-order valence-electron chi connectivity index (χ1n) is 6.10. The molecule has 0 bridgehead atoms. The molecule has 0 radical (unpaired) electrons. The minimum atomic E-state index is -0.700. The molecular formula is C12H20N2O4S. The van der Waals surface area contributed by atoms with Gasteiger partial charge in [-0.05, 0) is 20.8 Å². The van der Waals surface area contributed by atoms with Crippen LogP contribution in [0.4, 0.5) is 10.7 Å². The minimum Gasteiger partial charge on any atom is -0.388 e. The molecule has 0 aromatic carbocycles. The molecule has 0 saturated carbocycles. The molecule has 0 aliphatic rings. The number of methoxy groups -OCH3 is 1. The van der Waals surface area contributed by atoms with E-state index in [1.807, 2.05) is 18.7 Å². The van der Waals surface area contributed by atoms with Crippen molar-refractivity contribution in [1.29, 1.82) is 0 Å². The number of thiophene rings is 1. The maximum absolute atomic E-state index is 11.1. The quantitative estimate of drug-likeness (QED) is 0.616. The van der Waals surface area contributed by atoms with Crippen LogP contribution in [-0.4, -0.2) is 36.3 Å². The van der Waals surface area contributed by atoms with Crippen molar-refractivity contribution in [2.75, 3.05) is 25.2 Å². The Morgan fingerprint density at radius 2 is 2.16 bits per heavy atom. The summed E-state index contributed by atoms with van der Waals surface area (Å²) in [5, 5.41) is 21.3. The third-order valence-electron chi connectivity index (χ3n) is 2.74. The third-order valence-corrected chi connectivity index (χ3v) is 4.07. The number of hydrogen-bond acceptors (Lipinski definition) is 6. The van der Waals surface area contributed by atoms with Gasteiger partial charge in [0.15, 0.2) is 5.00 Å². The van der Waals surface area contributed by atoms with Gasteiger partial charge in [0.2, 0.25) is 0 Å². The summed E-state index contributed by atoms with van der Waals surface area (Å²) in [6, 6.07) is 1.57. The Kier molecular flexibility index (Phi) is 5.71. The van der Waals surface area contributed by atoms with E-state index in [1.54, 1.807) is 14.0 Å². The zero-order chi connectivity index (χ0) is 14.6. The van der Waals surface area contributed by atoms with Crippen LogP contribution in [0.5, 0.6) is 0 Å². The van der Waals surface area contributed by atoms with Crippen LogP contribution in [0.25, 0.3) is 0 Å². The molecule has 0 aliphatic heterocycles. The van der Waals surface area contributed by atoms with Crippen LogP contribution in [-0.2, 0) is 4.74 Å². The lowest BCUT2D eigenvalue weighted by Crippen LogP contribution is -2.33. The van der Waals surface area contributed by atoms with Crippen molar-refractivity contribution >= 4 is 22.0 Å². The molecule has 108 valence electrons. The number of rotatable bonds is 7. The average Bonchev–Trinajstić information content (AvgIpc) is 2.74. The number of nitrogens with zero attached hydrogens (tertiary/aromatic N) is 2. The first-order valence-corrected chi connectivity index (χ1v) is 6.91. The fourth-order valence-electron chi connectivity index (χ4n) is 1.72. The highest BCUT2D eigenvalue weighted by Crippen LogP contribution is 2.40.